The third kappa shape index (κ3) is 3.67. The van der Waals surface area contributed by atoms with E-state index in [1.807, 2.05) is 0 Å². The number of aliphatic hydroxyl groups excluding tert-OH is 1. The third-order valence-corrected chi connectivity index (χ3v) is 3.84. The molecule has 0 saturated carbocycles. The second-order valence-electron chi connectivity index (χ2n) is 5.15. The van der Waals surface area contributed by atoms with E-state index in [0.717, 1.165) is 13.0 Å². The van der Waals surface area contributed by atoms with Crippen LogP contribution in [0.25, 0.3) is 0 Å². The topological polar surface area (TPSA) is 32.7 Å². The fourth-order valence-corrected chi connectivity index (χ4v) is 2.65. The molecule has 0 amide bonds. The summed E-state index contributed by atoms with van der Waals surface area (Å²) in [6.07, 6.45) is 4.60. The van der Waals surface area contributed by atoms with Gasteiger partial charge in [-0.2, -0.15) is 0 Å². The van der Waals surface area contributed by atoms with Crippen molar-refractivity contribution in [3.05, 3.63) is 29.6 Å². The van der Waals surface area contributed by atoms with Crippen molar-refractivity contribution in [1.29, 1.82) is 0 Å². The SMILES string of the molecule is CN1CCCCC1CCOc1c(F)cccc1CO. The van der Waals surface area contributed by atoms with E-state index in [2.05, 4.69) is 11.9 Å². The quantitative estimate of drug-likeness (QED) is 0.890. The molecule has 19 heavy (non-hydrogen) atoms. The fourth-order valence-electron chi connectivity index (χ4n) is 2.65. The van der Waals surface area contributed by atoms with Crippen LogP contribution in [-0.4, -0.2) is 36.2 Å². The molecule has 0 radical (unpaired) electrons. The minimum atomic E-state index is -0.399. The average molecular weight is 267 g/mol. The smallest absolute Gasteiger partial charge is 0.165 e. The predicted molar refractivity (Wildman–Crippen MR) is 72.7 cm³/mol. The summed E-state index contributed by atoms with van der Waals surface area (Å²) in [6.45, 7) is 1.42. The number of nitrogens with zero attached hydrogens (tertiary/aromatic N) is 1. The number of piperidine rings is 1. The summed E-state index contributed by atoms with van der Waals surface area (Å²) in [7, 11) is 2.13. The van der Waals surface area contributed by atoms with Gasteiger partial charge in [-0.25, -0.2) is 4.39 Å². The van der Waals surface area contributed by atoms with E-state index in [0.29, 0.717) is 18.2 Å². The van der Waals surface area contributed by atoms with E-state index >= 15 is 0 Å². The molecule has 1 N–H and O–H groups in total. The van der Waals surface area contributed by atoms with E-state index in [4.69, 9.17) is 4.74 Å². The van der Waals surface area contributed by atoms with E-state index in [1.165, 1.54) is 25.3 Å². The third-order valence-electron chi connectivity index (χ3n) is 3.84. The van der Waals surface area contributed by atoms with Gasteiger partial charge in [0.1, 0.15) is 0 Å². The van der Waals surface area contributed by atoms with Gasteiger partial charge in [0.05, 0.1) is 13.2 Å². The number of halogens is 1. The molecule has 1 atom stereocenters. The van der Waals surface area contributed by atoms with Gasteiger partial charge >= 0.3 is 0 Å². The number of hydrogen-bond donors (Lipinski definition) is 1. The summed E-state index contributed by atoms with van der Waals surface area (Å²) < 4.78 is 19.2. The molecule has 0 aromatic heterocycles. The van der Waals surface area contributed by atoms with Crippen LogP contribution in [0.2, 0.25) is 0 Å². The van der Waals surface area contributed by atoms with Crippen molar-refractivity contribution in [2.24, 2.45) is 0 Å². The zero-order valence-corrected chi connectivity index (χ0v) is 11.4. The van der Waals surface area contributed by atoms with Crippen LogP contribution < -0.4 is 4.74 Å². The Balaban J connectivity index is 1.88. The standard InChI is InChI=1S/C15H22FNO2/c1-17-9-3-2-6-13(17)8-10-19-15-12(11-18)5-4-7-14(15)16/h4-5,7,13,18H,2-3,6,8-11H2,1H3. The summed E-state index contributed by atoms with van der Waals surface area (Å²) in [5, 5.41) is 9.18. The number of benzene rings is 1. The molecule has 1 heterocycles. The lowest BCUT2D eigenvalue weighted by Gasteiger charge is -2.32. The molecule has 1 unspecified atom stereocenters. The lowest BCUT2D eigenvalue weighted by atomic mass is 10.0. The van der Waals surface area contributed by atoms with E-state index in [9.17, 15) is 9.50 Å². The first-order chi connectivity index (χ1) is 9.22. The number of para-hydroxylation sites is 1. The highest BCUT2D eigenvalue weighted by molar-refractivity contribution is 5.34. The van der Waals surface area contributed by atoms with Gasteiger partial charge in [-0.05, 0) is 38.9 Å². The van der Waals surface area contributed by atoms with Gasteiger partial charge in [0, 0.05) is 11.6 Å². The average Bonchev–Trinajstić information content (AvgIpc) is 2.42. The summed E-state index contributed by atoms with van der Waals surface area (Å²) in [5.41, 5.74) is 0.511. The predicted octanol–water partition coefficient (Wildman–Crippen LogP) is 2.57. The summed E-state index contributed by atoms with van der Waals surface area (Å²) >= 11 is 0. The van der Waals surface area contributed by atoms with E-state index in [-0.39, 0.29) is 12.4 Å². The number of rotatable bonds is 5. The zero-order chi connectivity index (χ0) is 13.7. The van der Waals surface area contributed by atoms with Crippen LogP contribution in [0.1, 0.15) is 31.2 Å². The maximum atomic E-state index is 13.6. The molecule has 1 aromatic rings. The van der Waals surface area contributed by atoms with Crippen LogP contribution in [0.4, 0.5) is 4.39 Å². The molecule has 1 fully saturated rings. The van der Waals surface area contributed by atoms with Crippen LogP contribution in [0.5, 0.6) is 5.75 Å². The van der Waals surface area contributed by atoms with Crippen molar-refractivity contribution in [3.63, 3.8) is 0 Å². The molecule has 2 rings (SSSR count). The minimum absolute atomic E-state index is 0.198. The lowest BCUT2D eigenvalue weighted by molar-refractivity contribution is 0.150. The Morgan fingerprint density at radius 2 is 2.26 bits per heavy atom. The van der Waals surface area contributed by atoms with Gasteiger partial charge in [0.25, 0.3) is 0 Å². The number of aliphatic hydroxyl groups is 1. The van der Waals surface area contributed by atoms with Crippen molar-refractivity contribution in [1.82, 2.24) is 4.90 Å². The van der Waals surface area contributed by atoms with Crippen LogP contribution in [0, 0.1) is 5.82 Å². The van der Waals surface area contributed by atoms with Gasteiger partial charge in [0.2, 0.25) is 0 Å². The number of ether oxygens (including phenoxy) is 1. The fraction of sp³-hybridized carbons (Fsp3) is 0.600. The zero-order valence-electron chi connectivity index (χ0n) is 11.4. The van der Waals surface area contributed by atoms with Gasteiger partial charge in [-0.3, -0.25) is 0 Å². The van der Waals surface area contributed by atoms with E-state index in [1.54, 1.807) is 12.1 Å². The van der Waals surface area contributed by atoms with Crippen molar-refractivity contribution >= 4 is 0 Å². The van der Waals surface area contributed by atoms with Crippen LogP contribution in [0.3, 0.4) is 0 Å². The molecule has 0 aliphatic carbocycles. The van der Waals surface area contributed by atoms with Crippen LogP contribution in [-0.2, 0) is 6.61 Å². The Labute approximate surface area is 114 Å². The molecule has 0 bridgehead atoms. The monoisotopic (exact) mass is 267 g/mol. The maximum Gasteiger partial charge on any atom is 0.165 e. The highest BCUT2D eigenvalue weighted by Gasteiger charge is 2.19. The van der Waals surface area contributed by atoms with Crippen LogP contribution >= 0.6 is 0 Å². The van der Waals surface area contributed by atoms with Crippen molar-refractivity contribution in [3.8, 4) is 5.75 Å². The molecule has 4 heteroatoms. The molecular weight excluding hydrogens is 245 g/mol. The molecular formula is C15H22FNO2. The summed E-state index contributed by atoms with van der Waals surface area (Å²) in [4.78, 5) is 2.35. The Bertz CT molecular complexity index is 411. The molecule has 0 spiro atoms. The Morgan fingerprint density at radius 3 is 3.00 bits per heavy atom. The molecule has 1 aliphatic rings. The number of likely N-dealkylation sites (tertiary alicyclic amines) is 1. The van der Waals surface area contributed by atoms with Crippen LogP contribution in [0.15, 0.2) is 18.2 Å². The highest BCUT2D eigenvalue weighted by atomic mass is 19.1. The largest absolute Gasteiger partial charge is 0.490 e. The molecule has 1 saturated heterocycles. The Morgan fingerprint density at radius 1 is 1.42 bits per heavy atom. The normalized spacial score (nSPS) is 20.5. The maximum absolute atomic E-state index is 13.6. The van der Waals surface area contributed by atoms with Crippen molar-refractivity contribution < 1.29 is 14.2 Å². The van der Waals surface area contributed by atoms with Gasteiger partial charge in [-0.1, -0.05) is 18.6 Å². The Hall–Kier alpha value is -1.13. The molecule has 106 valence electrons. The van der Waals surface area contributed by atoms with Gasteiger partial charge in [0.15, 0.2) is 11.6 Å². The lowest BCUT2D eigenvalue weighted by Crippen LogP contribution is -2.37. The first-order valence-corrected chi connectivity index (χ1v) is 6.93. The first-order valence-electron chi connectivity index (χ1n) is 6.93. The van der Waals surface area contributed by atoms with Crippen molar-refractivity contribution in [2.75, 3.05) is 20.2 Å². The van der Waals surface area contributed by atoms with Crippen molar-refractivity contribution in [2.45, 2.75) is 38.3 Å². The highest BCUT2D eigenvalue weighted by Crippen LogP contribution is 2.24. The van der Waals surface area contributed by atoms with Gasteiger partial charge in [-0.15, -0.1) is 0 Å². The second kappa shape index (κ2) is 6.87. The molecule has 3 nitrogen and oxygen atoms in total. The summed E-state index contributed by atoms with van der Waals surface area (Å²) in [5.74, 6) is -0.202. The number of hydrogen-bond acceptors (Lipinski definition) is 3. The second-order valence-corrected chi connectivity index (χ2v) is 5.15. The van der Waals surface area contributed by atoms with Gasteiger partial charge < -0.3 is 14.7 Å². The molecule has 1 aliphatic heterocycles. The van der Waals surface area contributed by atoms with E-state index < -0.39 is 5.82 Å². The Kier molecular flexibility index (Phi) is 5.16. The molecule has 1 aromatic carbocycles. The summed E-state index contributed by atoms with van der Waals surface area (Å²) in [6, 6.07) is 5.16. The first kappa shape index (κ1) is 14.3. The minimum Gasteiger partial charge on any atom is -0.490 e.